The van der Waals surface area contributed by atoms with Gasteiger partial charge in [0.25, 0.3) is 0 Å². The molecular weight excluding hydrogens is 526 g/mol. The maximum atomic E-state index is 12.7. The van der Waals surface area contributed by atoms with Gasteiger partial charge in [0.05, 0.1) is 17.7 Å². The van der Waals surface area contributed by atoms with Crippen molar-refractivity contribution in [3.63, 3.8) is 0 Å². The fraction of sp³-hybridized carbons (Fsp3) is 0.364. The molecule has 0 radical (unpaired) electrons. The lowest BCUT2D eigenvalue weighted by molar-refractivity contribution is -0.134. The molecule has 1 atom stereocenters. The number of alkyl halides is 1. The van der Waals surface area contributed by atoms with Crippen molar-refractivity contribution in [3.05, 3.63) is 77.9 Å². The van der Waals surface area contributed by atoms with Gasteiger partial charge in [-0.05, 0) is 65.9 Å². The van der Waals surface area contributed by atoms with Gasteiger partial charge in [-0.25, -0.2) is 4.79 Å². The molecule has 0 saturated carbocycles. The van der Waals surface area contributed by atoms with Crippen LogP contribution < -0.4 is 14.2 Å². The first kappa shape index (κ1) is 30.7. The molecule has 7 heteroatoms. The average Bonchev–Trinajstić information content (AvgIpc) is 2.97. The molecule has 0 N–H and O–H groups in total. The molecule has 6 nitrogen and oxygen atoms in total. The zero-order valence-corrected chi connectivity index (χ0v) is 24.1. The Bertz CT molecular complexity index is 1300. The standard InChI is InChI=1S/C33H36ClNO5/c1-4-5-6-7-8-9-20-38-30-19-14-26(21-27(30)22-35)32(36)39-28-15-10-24(11-16-28)25-12-17-29(18-13-25)40-33(37)31(34)23(2)3/h10-19,21,23,31H,4-9,20H2,1-3H3. The number of halogens is 1. The maximum absolute atomic E-state index is 12.7. The van der Waals surface area contributed by atoms with E-state index in [-0.39, 0.29) is 11.5 Å². The summed E-state index contributed by atoms with van der Waals surface area (Å²) in [7, 11) is 0. The summed E-state index contributed by atoms with van der Waals surface area (Å²) in [6.07, 6.45) is 6.92. The Kier molecular flexibility index (Phi) is 12.0. The van der Waals surface area contributed by atoms with Crippen LogP contribution in [0.3, 0.4) is 0 Å². The third-order valence-electron chi connectivity index (χ3n) is 6.37. The quantitative estimate of drug-likeness (QED) is 0.0850. The highest BCUT2D eigenvalue weighted by atomic mass is 35.5. The molecule has 0 bridgehead atoms. The highest BCUT2D eigenvalue weighted by Crippen LogP contribution is 2.26. The van der Waals surface area contributed by atoms with E-state index in [1.807, 2.05) is 38.1 Å². The van der Waals surface area contributed by atoms with Gasteiger partial charge in [-0.2, -0.15) is 5.26 Å². The Hall–Kier alpha value is -3.82. The van der Waals surface area contributed by atoms with E-state index in [0.717, 1.165) is 24.0 Å². The summed E-state index contributed by atoms with van der Waals surface area (Å²) >= 11 is 6.06. The molecule has 1 unspecified atom stereocenters. The molecule has 0 amide bonds. The normalized spacial score (nSPS) is 11.5. The van der Waals surface area contributed by atoms with Crippen LogP contribution in [-0.2, 0) is 4.79 Å². The van der Waals surface area contributed by atoms with Crippen molar-refractivity contribution in [2.45, 2.75) is 64.7 Å². The molecule has 0 spiro atoms. The molecule has 3 rings (SSSR count). The van der Waals surface area contributed by atoms with Crippen LogP contribution in [0.5, 0.6) is 17.2 Å². The zero-order chi connectivity index (χ0) is 28.9. The van der Waals surface area contributed by atoms with Crippen molar-refractivity contribution in [1.29, 1.82) is 5.26 Å². The van der Waals surface area contributed by atoms with E-state index in [1.165, 1.54) is 31.7 Å². The van der Waals surface area contributed by atoms with E-state index >= 15 is 0 Å². The number of rotatable bonds is 14. The van der Waals surface area contributed by atoms with Crippen LogP contribution >= 0.6 is 11.6 Å². The summed E-state index contributed by atoms with van der Waals surface area (Å²) in [6, 6.07) is 21.0. The lowest BCUT2D eigenvalue weighted by Gasteiger charge is -2.12. The molecule has 0 fully saturated rings. The fourth-order valence-electron chi connectivity index (χ4n) is 3.98. The van der Waals surface area contributed by atoms with Crippen LogP contribution in [0.4, 0.5) is 0 Å². The van der Waals surface area contributed by atoms with Crippen molar-refractivity contribution in [2.24, 2.45) is 5.92 Å². The average molecular weight is 562 g/mol. The number of carbonyl (C=O) groups excluding carboxylic acids is 2. The highest BCUT2D eigenvalue weighted by molar-refractivity contribution is 6.30. The molecule has 0 heterocycles. The van der Waals surface area contributed by atoms with Gasteiger partial charge in [-0.3, -0.25) is 4.79 Å². The molecule has 210 valence electrons. The molecular formula is C33H36ClNO5. The van der Waals surface area contributed by atoms with Gasteiger partial charge in [-0.15, -0.1) is 11.6 Å². The lowest BCUT2D eigenvalue weighted by Crippen LogP contribution is -2.25. The number of hydrogen-bond donors (Lipinski definition) is 0. The predicted molar refractivity (Wildman–Crippen MR) is 157 cm³/mol. The topological polar surface area (TPSA) is 85.6 Å². The molecule has 3 aromatic rings. The lowest BCUT2D eigenvalue weighted by atomic mass is 10.1. The second-order valence-electron chi connectivity index (χ2n) is 9.94. The number of benzene rings is 3. The highest BCUT2D eigenvalue weighted by Gasteiger charge is 2.21. The fourth-order valence-corrected chi connectivity index (χ4v) is 4.02. The van der Waals surface area contributed by atoms with E-state index in [4.69, 9.17) is 25.8 Å². The van der Waals surface area contributed by atoms with E-state index in [1.54, 1.807) is 36.4 Å². The second kappa shape index (κ2) is 15.7. The van der Waals surface area contributed by atoms with Crippen molar-refractivity contribution in [2.75, 3.05) is 6.61 Å². The first-order chi connectivity index (χ1) is 19.3. The number of esters is 2. The third kappa shape index (κ3) is 9.14. The Morgan fingerprint density at radius 2 is 1.40 bits per heavy atom. The number of hydrogen-bond acceptors (Lipinski definition) is 6. The maximum Gasteiger partial charge on any atom is 0.343 e. The number of unbranched alkanes of at least 4 members (excludes halogenated alkanes) is 5. The summed E-state index contributed by atoms with van der Waals surface area (Å²) in [5, 5.41) is 8.84. The van der Waals surface area contributed by atoms with Crippen molar-refractivity contribution in [1.82, 2.24) is 0 Å². The molecule has 0 aromatic heterocycles. The van der Waals surface area contributed by atoms with Crippen molar-refractivity contribution < 1.29 is 23.8 Å². The van der Waals surface area contributed by atoms with Crippen molar-refractivity contribution >= 4 is 23.5 Å². The van der Waals surface area contributed by atoms with E-state index in [9.17, 15) is 14.9 Å². The largest absolute Gasteiger partial charge is 0.492 e. The smallest absolute Gasteiger partial charge is 0.343 e. The minimum atomic E-state index is -0.706. The van der Waals surface area contributed by atoms with Crippen LogP contribution in [0.1, 0.15) is 75.2 Å². The van der Waals surface area contributed by atoms with Crippen LogP contribution in [0, 0.1) is 17.2 Å². The van der Waals surface area contributed by atoms with Gasteiger partial charge in [-0.1, -0.05) is 77.1 Å². The summed E-state index contributed by atoms with van der Waals surface area (Å²) in [4.78, 5) is 24.8. The van der Waals surface area contributed by atoms with E-state index < -0.39 is 17.3 Å². The predicted octanol–water partition coefficient (Wildman–Crippen LogP) is 8.35. The van der Waals surface area contributed by atoms with Gasteiger partial charge in [0, 0.05) is 0 Å². The number of carbonyl (C=O) groups is 2. The molecule has 0 aliphatic rings. The number of nitrogens with zero attached hydrogens (tertiary/aromatic N) is 1. The van der Waals surface area contributed by atoms with Crippen LogP contribution in [0.15, 0.2) is 66.7 Å². The minimum Gasteiger partial charge on any atom is -0.492 e. The molecule has 40 heavy (non-hydrogen) atoms. The monoisotopic (exact) mass is 561 g/mol. The summed E-state index contributed by atoms with van der Waals surface area (Å²) in [5.74, 6) is 0.205. The first-order valence-corrected chi connectivity index (χ1v) is 14.2. The van der Waals surface area contributed by atoms with Gasteiger partial charge >= 0.3 is 11.9 Å². The Morgan fingerprint density at radius 1 is 0.825 bits per heavy atom. The summed E-state index contributed by atoms with van der Waals surface area (Å²) in [5.41, 5.74) is 2.37. The first-order valence-electron chi connectivity index (χ1n) is 13.8. The van der Waals surface area contributed by atoms with Crippen molar-refractivity contribution in [3.8, 4) is 34.4 Å². The SMILES string of the molecule is CCCCCCCCOc1ccc(C(=O)Oc2ccc(-c3ccc(OC(=O)C(Cl)C(C)C)cc3)cc2)cc1C#N. The number of nitriles is 1. The zero-order valence-electron chi connectivity index (χ0n) is 23.3. The minimum absolute atomic E-state index is 0.0254. The molecule has 0 aliphatic carbocycles. The van der Waals surface area contributed by atoms with Gasteiger partial charge in [0.2, 0.25) is 0 Å². The van der Waals surface area contributed by atoms with Gasteiger partial charge < -0.3 is 14.2 Å². The second-order valence-corrected chi connectivity index (χ2v) is 10.4. The van der Waals surface area contributed by atoms with Gasteiger partial charge in [0.15, 0.2) is 0 Å². The summed E-state index contributed by atoms with van der Waals surface area (Å²) < 4.78 is 16.6. The Labute approximate surface area is 241 Å². The van der Waals surface area contributed by atoms with Crippen LogP contribution in [-0.4, -0.2) is 23.9 Å². The van der Waals surface area contributed by atoms with Crippen LogP contribution in [0.2, 0.25) is 0 Å². The third-order valence-corrected chi connectivity index (χ3v) is 7.05. The van der Waals surface area contributed by atoms with E-state index in [0.29, 0.717) is 29.4 Å². The summed E-state index contributed by atoms with van der Waals surface area (Å²) in [6.45, 7) is 6.44. The van der Waals surface area contributed by atoms with Gasteiger partial charge in [0.1, 0.15) is 28.7 Å². The van der Waals surface area contributed by atoms with Crippen LogP contribution in [0.25, 0.3) is 11.1 Å². The molecule has 3 aromatic carbocycles. The molecule has 0 saturated heterocycles. The molecule has 0 aliphatic heterocycles. The number of ether oxygens (including phenoxy) is 3. The Balaban J connectivity index is 1.55. The Morgan fingerprint density at radius 3 is 1.98 bits per heavy atom. The van der Waals surface area contributed by atoms with E-state index in [2.05, 4.69) is 13.0 Å².